The smallest absolute Gasteiger partial charge is 0.244 e. The summed E-state index contributed by atoms with van der Waals surface area (Å²) >= 11 is 1.94. The van der Waals surface area contributed by atoms with Crippen LogP contribution in [0, 0.1) is 0 Å². The number of carbonyl (C=O) groups is 1. The third-order valence-corrected chi connectivity index (χ3v) is 4.53. The quantitative estimate of drug-likeness (QED) is 0.647. The third kappa shape index (κ3) is 5.80. The summed E-state index contributed by atoms with van der Waals surface area (Å²) in [6, 6.07) is 9.84. The minimum absolute atomic E-state index is 0.0265. The van der Waals surface area contributed by atoms with E-state index < -0.39 is 0 Å². The molecule has 1 saturated heterocycles. The van der Waals surface area contributed by atoms with Gasteiger partial charge in [-0.2, -0.15) is 11.8 Å². The van der Waals surface area contributed by atoms with Crippen LogP contribution in [-0.4, -0.2) is 36.7 Å². The zero-order valence-corrected chi connectivity index (χ0v) is 12.4. The van der Waals surface area contributed by atoms with E-state index in [9.17, 15) is 4.79 Å². The maximum Gasteiger partial charge on any atom is 0.244 e. The molecule has 0 bridgehead atoms. The first-order valence-electron chi connectivity index (χ1n) is 7.05. The first-order valence-corrected chi connectivity index (χ1v) is 8.10. The summed E-state index contributed by atoms with van der Waals surface area (Å²) in [5, 5.41) is 3.61. The maximum atomic E-state index is 11.6. The second kappa shape index (κ2) is 8.82. The van der Waals surface area contributed by atoms with Crippen molar-refractivity contribution < 1.29 is 9.53 Å². The lowest BCUT2D eigenvalue weighted by Gasteiger charge is -2.21. The summed E-state index contributed by atoms with van der Waals surface area (Å²) in [5.41, 5.74) is 1.04. The summed E-state index contributed by atoms with van der Waals surface area (Å²) < 4.78 is 5.33. The second-order valence-corrected chi connectivity index (χ2v) is 6.13. The minimum Gasteiger partial charge on any atom is -0.381 e. The highest BCUT2D eigenvalue weighted by atomic mass is 32.2. The molecule has 1 N–H and O–H groups in total. The largest absolute Gasteiger partial charge is 0.381 e. The van der Waals surface area contributed by atoms with Gasteiger partial charge in [-0.15, -0.1) is 0 Å². The van der Waals surface area contributed by atoms with E-state index in [1.165, 1.54) is 0 Å². The van der Waals surface area contributed by atoms with Crippen LogP contribution >= 0.6 is 11.8 Å². The van der Waals surface area contributed by atoms with E-state index in [1.54, 1.807) is 6.08 Å². The number of benzene rings is 1. The second-order valence-electron chi connectivity index (χ2n) is 4.72. The molecule has 2 rings (SSSR count). The van der Waals surface area contributed by atoms with Gasteiger partial charge in [-0.1, -0.05) is 30.3 Å². The van der Waals surface area contributed by atoms with Crippen LogP contribution in [0.3, 0.4) is 0 Å². The van der Waals surface area contributed by atoms with Crippen molar-refractivity contribution in [1.82, 2.24) is 5.32 Å². The molecular formula is C16H21NO2S. The van der Waals surface area contributed by atoms with Crippen molar-refractivity contribution in [3.63, 3.8) is 0 Å². The van der Waals surface area contributed by atoms with Crippen molar-refractivity contribution in [3.8, 4) is 0 Å². The molecule has 0 atom stereocenters. The minimum atomic E-state index is -0.0265. The lowest BCUT2D eigenvalue weighted by molar-refractivity contribution is -0.116. The molecule has 4 heteroatoms. The van der Waals surface area contributed by atoms with Gasteiger partial charge in [0.1, 0.15) is 0 Å². The van der Waals surface area contributed by atoms with Gasteiger partial charge in [-0.05, 0) is 24.5 Å². The first-order chi connectivity index (χ1) is 9.84. The summed E-state index contributed by atoms with van der Waals surface area (Å²) in [7, 11) is 0. The molecule has 1 amide bonds. The Hall–Kier alpha value is -1.26. The lowest BCUT2D eigenvalue weighted by Crippen LogP contribution is -2.25. The van der Waals surface area contributed by atoms with Crippen molar-refractivity contribution in [2.75, 3.05) is 25.5 Å². The van der Waals surface area contributed by atoms with Gasteiger partial charge in [-0.25, -0.2) is 0 Å². The molecule has 1 aromatic rings. The summed E-state index contributed by atoms with van der Waals surface area (Å²) in [6.07, 6.45) is 5.69. The predicted octanol–water partition coefficient (Wildman–Crippen LogP) is 2.73. The van der Waals surface area contributed by atoms with Crippen LogP contribution in [-0.2, 0) is 9.53 Å². The molecule has 1 heterocycles. The Kier molecular flexibility index (Phi) is 6.68. The van der Waals surface area contributed by atoms with Crippen molar-refractivity contribution in [1.29, 1.82) is 0 Å². The molecule has 1 aliphatic heterocycles. The van der Waals surface area contributed by atoms with Crippen LogP contribution in [0.25, 0.3) is 6.08 Å². The fourth-order valence-electron chi connectivity index (χ4n) is 2.04. The van der Waals surface area contributed by atoms with Gasteiger partial charge in [0.2, 0.25) is 5.91 Å². The highest BCUT2D eigenvalue weighted by Crippen LogP contribution is 2.21. The Morgan fingerprint density at radius 3 is 2.80 bits per heavy atom. The molecule has 1 aromatic carbocycles. The Labute approximate surface area is 124 Å². The third-order valence-electron chi connectivity index (χ3n) is 3.15. The van der Waals surface area contributed by atoms with E-state index in [-0.39, 0.29) is 5.91 Å². The first kappa shape index (κ1) is 15.1. The van der Waals surface area contributed by atoms with Crippen molar-refractivity contribution in [3.05, 3.63) is 42.0 Å². The van der Waals surface area contributed by atoms with Gasteiger partial charge in [0.15, 0.2) is 0 Å². The standard InChI is InChI=1S/C16H21NO2S/c18-16(7-6-14-4-2-1-3-5-14)17-10-13-20-15-8-11-19-12-9-15/h1-7,15H,8-13H2,(H,17,18)/b7-6+. The van der Waals surface area contributed by atoms with Crippen LogP contribution in [0.5, 0.6) is 0 Å². The van der Waals surface area contributed by atoms with Crippen molar-refractivity contribution in [2.24, 2.45) is 0 Å². The molecule has 0 aromatic heterocycles. The van der Waals surface area contributed by atoms with Gasteiger partial charge >= 0.3 is 0 Å². The zero-order chi connectivity index (χ0) is 14.0. The van der Waals surface area contributed by atoms with E-state index in [2.05, 4.69) is 5.32 Å². The van der Waals surface area contributed by atoms with Gasteiger partial charge in [0, 0.05) is 36.8 Å². The number of thioether (sulfide) groups is 1. The summed E-state index contributed by atoms with van der Waals surface area (Å²) in [5.74, 6) is 0.941. The van der Waals surface area contributed by atoms with Gasteiger partial charge in [0.05, 0.1) is 0 Å². The molecular weight excluding hydrogens is 270 g/mol. The van der Waals surface area contributed by atoms with E-state index in [4.69, 9.17) is 4.74 Å². The summed E-state index contributed by atoms with van der Waals surface area (Å²) in [6.45, 7) is 2.48. The molecule has 1 fully saturated rings. The van der Waals surface area contributed by atoms with Crippen LogP contribution in [0.15, 0.2) is 36.4 Å². The number of hydrogen-bond acceptors (Lipinski definition) is 3. The van der Waals surface area contributed by atoms with Gasteiger partial charge in [0.25, 0.3) is 0 Å². The van der Waals surface area contributed by atoms with Crippen molar-refractivity contribution >= 4 is 23.7 Å². The van der Waals surface area contributed by atoms with Crippen LogP contribution in [0.4, 0.5) is 0 Å². The fourth-order valence-corrected chi connectivity index (χ4v) is 3.12. The topological polar surface area (TPSA) is 38.3 Å². The maximum absolute atomic E-state index is 11.6. The molecule has 1 aliphatic rings. The van der Waals surface area contributed by atoms with Gasteiger partial charge in [-0.3, -0.25) is 4.79 Å². The van der Waals surface area contributed by atoms with Crippen LogP contribution in [0.2, 0.25) is 0 Å². The molecule has 0 saturated carbocycles. The SMILES string of the molecule is O=C(/C=C/c1ccccc1)NCCSC1CCOCC1. The lowest BCUT2D eigenvalue weighted by atomic mass is 10.2. The van der Waals surface area contributed by atoms with Gasteiger partial charge < -0.3 is 10.1 Å². The monoisotopic (exact) mass is 291 g/mol. The molecule has 0 spiro atoms. The highest BCUT2D eigenvalue weighted by molar-refractivity contribution is 7.99. The summed E-state index contributed by atoms with van der Waals surface area (Å²) in [4.78, 5) is 11.6. The number of hydrogen-bond donors (Lipinski definition) is 1. The fraction of sp³-hybridized carbons (Fsp3) is 0.438. The predicted molar refractivity (Wildman–Crippen MR) is 84.8 cm³/mol. The molecule has 20 heavy (non-hydrogen) atoms. The number of carbonyl (C=O) groups excluding carboxylic acids is 1. The molecule has 3 nitrogen and oxygen atoms in total. The Bertz CT molecular complexity index is 427. The normalized spacial score (nSPS) is 16.4. The molecule has 0 aliphatic carbocycles. The molecule has 0 radical (unpaired) electrons. The number of ether oxygens (including phenoxy) is 1. The number of amides is 1. The average Bonchev–Trinajstić information content (AvgIpc) is 2.52. The number of rotatable bonds is 6. The Morgan fingerprint density at radius 2 is 2.05 bits per heavy atom. The van der Waals surface area contributed by atoms with Crippen LogP contribution < -0.4 is 5.32 Å². The number of nitrogens with one attached hydrogen (secondary N) is 1. The van der Waals surface area contributed by atoms with Crippen molar-refractivity contribution in [2.45, 2.75) is 18.1 Å². The van der Waals surface area contributed by atoms with E-state index in [0.29, 0.717) is 5.25 Å². The Morgan fingerprint density at radius 1 is 1.30 bits per heavy atom. The Balaban J connectivity index is 1.59. The highest BCUT2D eigenvalue weighted by Gasteiger charge is 2.13. The van der Waals surface area contributed by atoms with Crippen LogP contribution in [0.1, 0.15) is 18.4 Å². The van der Waals surface area contributed by atoms with E-state index in [1.807, 2.05) is 48.2 Å². The molecule has 0 unspecified atom stereocenters. The average molecular weight is 291 g/mol. The zero-order valence-electron chi connectivity index (χ0n) is 11.6. The van der Waals surface area contributed by atoms with E-state index >= 15 is 0 Å². The molecule has 108 valence electrons. The van der Waals surface area contributed by atoms with E-state index in [0.717, 1.165) is 43.9 Å².